The summed E-state index contributed by atoms with van der Waals surface area (Å²) in [6, 6.07) is 0. The number of halogens is 1. The summed E-state index contributed by atoms with van der Waals surface area (Å²) < 4.78 is 16.5. The Morgan fingerprint density at radius 1 is 1.00 bits per heavy atom. The summed E-state index contributed by atoms with van der Waals surface area (Å²) in [5, 5.41) is 0.337. The van der Waals surface area contributed by atoms with E-state index >= 15 is 0 Å². The Bertz CT molecular complexity index is 264. The highest BCUT2D eigenvalue weighted by Gasteiger charge is 2.54. The normalized spacial score (nSPS) is 29.1. The molecule has 0 aromatic carbocycles. The standard InChI is InChI=1S/C16H29ClO3/c1-18-11-12-19-9-6-10-20-15-13-14(17)16(15)7-4-2-3-5-8-16/h14-15H,2-13H2,1H3. The second kappa shape index (κ2) is 8.57. The molecule has 1 spiro atoms. The predicted octanol–water partition coefficient (Wildman–Crippen LogP) is 3.78. The summed E-state index contributed by atoms with van der Waals surface area (Å²) >= 11 is 6.53. The Morgan fingerprint density at radius 2 is 1.75 bits per heavy atom. The molecule has 2 unspecified atom stereocenters. The average molecular weight is 305 g/mol. The van der Waals surface area contributed by atoms with E-state index in [9.17, 15) is 0 Å². The van der Waals surface area contributed by atoms with Crippen LogP contribution in [0.1, 0.15) is 51.4 Å². The Kier molecular flexibility index (Phi) is 7.09. The zero-order valence-electron chi connectivity index (χ0n) is 12.7. The Labute approximate surface area is 128 Å². The van der Waals surface area contributed by atoms with Crippen LogP contribution >= 0.6 is 11.6 Å². The van der Waals surface area contributed by atoms with Gasteiger partial charge in [0.05, 0.1) is 19.3 Å². The summed E-state index contributed by atoms with van der Waals surface area (Å²) in [6.45, 7) is 2.89. The Hall–Kier alpha value is 0.170. The molecule has 118 valence electrons. The second-order valence-electron chi connectivity index (χ2n) is 6.17. The number of hydrogen-bond donors (Lipinski definition) is 0. The molecule has 0 amide bonds. The van der Waals surface area contributed by atoms with Crippen LogP contribution in [0.4, 0.5) is 0 Å². The number of ether oxygens (including phenoxy) is 3. The average Bonchev–Trinajstić information content (AvgIpc) is 2.73. The maximum atomic E-state index is 6.53. The zero-order chi connectivity index (χ0) is 14.3. The van der Waals surface area contributed by atoms with Crippen LogP contribution in [-0.2, 0) is 14.2 Å². The minimum absolute atomic E-state index is 0.287. The number of methoxy groups -OCH3 is 1. The first-order chi connectivity index (χ1) is 9.79. The molecule has 0 bridgehead atoms. The van der Waals surface area contributed by atoms with Gasteiger partial charge in [-0.25, -0.2) is 0 Å². The van der Waals surface area contributed by atoms with E-state index in [1.165, 1.54) is 38.5 Å². The minimum atomic E-state index is 0.287. The minimum Gasteiger partial charge on any atom is -0.382 e. The highest BCUT2D eigenvalue weighted by atomic mass is 35.5. The van der Waals surface area contributed by atoms with Crippen LogP contribution in [0, 0.1) is 5.41 Å². The molecule has 2 rings (SSSR count). The van der Waals surface area contributed by atoms with Gasteiger partial charge in [0.25, 0.3) is 0 Å². The van der Waals surface area contributed by atoms with E-state index in [0.29, 0.717) is 24.7 Å². The van der Waals surface area contributed by atoms with Crippen molar-refractivity contribution in [3.63, 3.8) is 0 Å². The zero-order valence-corrected chi connectivity index (χ0v) is 13.5. The Balaban J connectivity index is 1.63. The van der Waals surface area contributed by atoms with Gasteiger partial charge >= 0.3 is 0 Å². The van der Waals surface area contributed by atoms with Crippen molar-refractivity contribution in [3.8, 4) is 0 Å². The van der Waals surface area contributed by atoms with Crippen molar-refractivity contribution < 1.29 is 14.2 Å². The van der Waals surface area contributed by atoms with Gasteiger partial charge in [-0.05, 0) is 25.7 Å². The molecule has 2 aliphatic carbocycles. The van der Waals surface area contributed by atoms with Crippen LogP contribution in [-0.4, -0.2) is 45.0 Å². The van der Waals surface area contributed by atoms with Crippen molar-refractivity contribution in [2.45, 2.75) is 62.8 Å². The van der Waals surface area contributed by atoms with Crippen molar-refractivity contribution in [2.24, 2.45) is 5.41 Å². The van der Waals surface area contributed by atoms with Crippen LogP contribution < -0.4 is 0 Å². The smallest absolute Gasteiger partial charge is 0.0700 e. The molecule has 2 aliphatic rings. The van der Waals surface area contributed by atoms with E-state index in [2.05, 4.69) is 0 Å². The molecular weight excluding hydrogens is 276 g/mol. The third kappa shape index (κ3) is 4.09. The highest BCUT2D eigenvalue weighted by Crippen LogP contribution is 2.55. The summed E-state index contributed by atoms with van der Waals surface area (Å²) in [6.07, 6.45) is 10.3. The van der Waals surface area contributed by atoms with Gasteiger partial charge in [0.2, 0.25) is 0 Å². The molecular formula is C16H29ClO3. The molecule has 0 saturated heterocycles. The largest absolute Gasteiger partial charge is 0.382 e. The topological polar surface area (TPSA) is 27.7 Å². The lowest BCUT2D eigenvalue weighted by Gasteiger charge is -2.53. The molecule has 0 aromatic rings. The first kappa shape index (κ1) is 16.5. The van der Waals surface area contributed by atoms with Crippen molar-refractivity contribution in [1.82, 2.24) is 0 Å². The van der Waals surface area contributed by atoms with Gasteiger partial charge in [0.15, 0.2) is 0 Å². The van der Waals surface area contributed by atoms with Crippen LogP contribution in [0.2, 0.25) is 0 Å². The number of rotatable bonds is 8. The molecule has 2 atom stereocenters. The molecule has 0 aromatic heterocycles. The van der Waals surface area contributed by atoms with Gasteiger partial charge in [-0.3, -0.25) is 0 Å². The fourth-order valence-electron chi connectivity index (χ4n) is 3.59. The van der Waals surface area contributed by atoms with Gasteiger partial charge in [0.1, 0.15) is 0 Å². The van der Waals surface area contributed by atoms with Crippen LogP contribution in [0.5, 0.6) is 0 Å². The van der Waals surface area contributed by atoms with Crippen molar-refractivity contribution in [2.75, 3.05) is 33.5 Å². The van der Waals surface area contributed by atoms with Gasteiger partial charge in [0, 0.05) is 31.1 Å². The van der Waals surface area contributed by atoms with Gasteiger partial charge in [-0.1, -0.05) is 25.7 Å². The van der Waals surface area contributed by atoms with Gasteiger partial charge in [-0.2, -0.15) is 0 Å². The van der Waals surface area contributed by atoms with Crippen LogP contribution in [0.25, 0.3) is 0 Å². The second-order valence-corrected chi connectivity index (χ2v) is 6.70. The molecule has 3 nitrogen and oxygen atoms in total. The van der Waals surface area contributed by atoms with E-state index in [1.807, 2.05) is 0 Å². The quantitative estimate of drug-likeness (QED) is 0.504. The van der Waals surface area contributed by atoms with Crippen molar-refractivity contribution in [3.05, 3.63) is 0 Å². The lowest BCUT2D eigenvalue weighted by atomic mass is 9.61. The molecule has 0 heterocycles. The predicted molar refractivity (Wildman–Crippen MR) is 81.4 cm³/mol. The van der Waals surface area contributed by atoms with E-state index < -0.39 is 0 Å². The lowest BCUT2D eigenvalue weighted by Crippen LogP contribution is -2.55. The molecule has 20 heavy (non-hydrogen) atoms. The first-order valence-corrected chi connectivity index (χ1v) is 8.55. The van der Waals surface area contributed by atoms with E-state index in [-0.39, 0.29) is 5.41 Å². The molecule has 4 heteroatoms. The SMILES string of the molecule is COCCOCCCOC1CC(Cl)C12CCCCCC2. The fourth-order valence-corrected chi connectivity index (χ4v) is 4.11. The van der Waals surface area contributed by atoms with E-state index in [0.717, 1.165) is 26.1 Å². The van der Waals surface area contributed by atoms with E-state index in [4.69, 9.17) is 25.8 Å². The monoisotopic (exact) mass is 304 g/mol. The van der Waals surface area contributed by atoms with Crippen LogP contribution in [0.15, 0.2) is 0 Å². The van der Waals surface area contributed by atoms with Crippen LogP contribution in [0.3, 0.4) is 0 Å². The first-order valence-electron chi connectivity index (χ1n) is 8.12. The maximum Gasteiger partial charge on any atom is 0.0700 e. The third-order valence-electron chi connectivity index (χ3n) is 4.90. The molecule has 0 aliphatic heterocycles. The Morgan fingerprint density at radius 3 is 2.40 bits per heavy atom. The number of alkyl halides is 1. The molecule has 2 saturated carbocycles. The molecule has 2 fully saturated rings. The van der Waals surface area contributed by atoms with E-state index in [1.54, 1.807) is 7.11 Å². The maximum absolute atomic E-state index is 6.53. The van der Waals surface area contributed by atoms with Crippen molar-refractivity contribution >= 4 is 11.6 Å². The lowest BCUT2D eigenvalue weighted by molar-refractivity contribution is -0.118. The summed E-state index contributed by atoms with van der Waals surface area (Å²) in [4.78, 5) is 0. The van der Waals surface area contributed by atoms with Gasteiger partial charge in [-0.15, -0.1) is 11.6 Å². The summed E-state index contributed by atoms with van der Waals surface area (Å²) in [5.41, 5.74) is 0.287. The summed E-state index contributed by atoms with van der Waals surface area (Å²) in [5.74, 6) is 0. The molecule has 0 radical (unpaired) electrons. The summed E-state index contributed by atoms with van der Waals surface area (Å²) in [7, 11) is 1.69. The fraction of sp³-hybridized carbons (Fsp3) is 1.00. The third-order valence-corrected chi connectivity index (χ3v) is 5.52. The van der Waals surface area contributed by atoms with Gasteiger partial charge < -0.3 is 14.2 Å². The number of hydrogen-bond acceptors (Lipinski definition) is 3. The van der Waals surface area contributed by atoms with Crippen molar-refractivity contribution in [1.29, 1.82) is 0 Å². The molecule has 0 N–H and O–H groups in total. The highest BCUT2D eigenvalue weighted by molar-refractivity contribution is 6.21.